The molecule has 7 nitrogen and oxygen atoms in total. The summed E-state index contributed by atoms with van der Waals surface area (Å²) >= 11 is 8.74. The van der Waals surface area contributed by atoms with Crippen molar-refractivity contribution in [3.05, 3.63) is 39.6 Å². The Labute approximate surface area is 187 Å². The first-order valence-corrected chi connectivity index (χ1v) is 12.0. The molecule has 1 N–H and O–H groups in total. The number of thioether (sulfide) groups is 1. The summed E-state index contributed by atoms with van der Waals surface area (Å²) in [5.41, 5.74) is 0.911. The maximum absolute atomic E-state index is 13.1. The molecular weight excluding hydrogens is 442 g/mol. The van der Waals surface area contributed by atoms with Crippen LogP contribution in [0, 0.1) is 0 Å². The van der Waals surface area contributed by atoms with Crippen LogP contribution < -0.4 is 15.8 Å². The van der Waals surface area contributed by atoms with E-state index in [1.54, 1.807) is 28.8 Å². The number of aromatic nitrogens is 3. The van der Waals surface area contributed by atoms with Crippen molar-refractivity contribution in [2.45, 2.75) is 37.9 Å². The number of para-hydroxylation sites is 1. The molecule has 3 heterocycles. The highest BCUT2D eigenvalue weighted by atomic mass is 35.5. The third-order valence-electron chi connectivity index (χ3n) is 4.79. The van der Waals surface area contributed by atoms with E-state index in [0.29, 0.717) is 26.2 Å². The van der Waals surface area contributed by atoms with Crippen molar-refractivity contribution < 1.29 is 4.79 Å². The minimum Gasteiger partial charge on any atom is -0.348 e. The van der Waals surface area contributed by atoms with E-state index in [1.165, 1.54) is 23.1 Å². The summed E-state index contributed by atoms with van der Waals surface area (Å²) in [6, 6.07) is 6.99. The molecule has 1 aliphatic rings. The van der Waals surface area contributed by atoms with Crippen LogP contribution >= 0.6 is 34.7 Å². The molecular formula is C20H22ClN5O2S2. The van der Waals surface area contributed by atoms with Crippen LogP contribution in [-0.2, 0) is 4.79 Å². The molecule has 30 heavy (non-hydrogen) atoms. The zero-order valence-corrected chi connectivity index (χ0v) is 19.1. The van der Waals surface area contributed by atoms with Crippen molar-refractivity contribution in [3.8, 4) is 0 Å². The summed E-state index contributed by atoms with van der Waals surface area (Å²) in [6.45, 7) is 5.79. The molecule has 0 radical (unpaired) electrons. The molecule has 0 spiro atoms. The van der Waals surface area contributed by atoms with Crippen molar-refractivity contribution in [1.82, 2.24) is 14.5 Å². The first-order valence-electron chi connectivity index (χ1n) is 9.79. The fraction of sp³-hybridized carbons (Fsp3) is 0.400. The number of amides is 1. The topological polar surface area (TPSA) is 80.1 Å². The number of halogens is 1. The fourth-order valence-electron chi connectivity index (χ4n) is 3.34. The van der Waals surface area contributed by atoms with Crippen molar-refractivity contribution in [3.63, 3.8) is 0 Å². The monoisotopic (exact) mass is 463 g/mol. The van der Waals surface area contributed by atoms with Gasteiger partial charge in [-0.3, -0.25) is 14.2 Å². The van der Waals surface area contributed by atoms with Gasteiger partial charge >= 0.3 is 0 Å². The van der Waals surface area contributed by atoms with Gasteiger partial charge in [0.2, 0.25) is 5.91 Å². The Bertz CT molecular complexity index is 1140. The zero-order valence-electron chi connectivity index (χ0n) is 16.7. The Balaban J connectivity index is 1.59. The smallest absolute Gasteiger partial charge is 0.274 e. The van der Waals surface area contributed by atoms with Gasteiger partial charge in [-0.25, -0.2) is 4.98 Å². The Morgan fingerprint density at radius 2 is 2.00 bits per heavy atom. The number of nitrogens with one attached hydrogen (secondary N) is 1. The molecule has 0 unspecified atom stereocenters. The van der Waals surface area contributed by atoms with Crippen LogP contribution in [0.1, 0.15) is 32.7 Å². The van der Waals surface area contributed by atoms with Crippen molar-refractivity contribution in [2.75, 3.05) is 29.1 Å². The lowest BCUT2D eigenvalue weighted by Gasteiger charge is -2.14. The van der Waals surface area contributed by atoms with Gasteiger partial charge in [-0.1, -0.05) is 46.8 Å². The van der Waals surface area contributed by atoms with Crippen LogP contribution in [0.15, 0.2) is 34.2 Å². The van der Waals surface area contributed by atoms with E-state index in [4.69, 9.17) is 11.6 Å². The minimum absolute atomic E-state index is 0.0825. The molecule has 0 saturated carbocycles. The van der Waals surface area contributed by atoms with Crippen LogP contribution in [0.25, 0.3) is 10.3 Å². The molecule has 1 saturated heterocycles. The van der Waals surface area contributed by atoms with Crippen molar-refractivity contribution >= 4 is 61.8 Å². The second-order valence-corrected chi connectivity index (χ2v) is 9.65. The average molecular weight is 464 g/mol. The van der Waals surface area contributed by atoms with Gasteiger partial charge in [-0.2, -0.15) is 4.98 Å². The molecule has 1 aromatic carbocycles. The lowest BCUT2D eigenvalue weighted by molar-refractivity contribution is -0.113. The quantitative estimate of drug-likeness (QED) is 0.430. The standard InChI is InChI=1S/C20H22ClN5O2S2/c1-12(2)26-18(28)16-17(23-19(30-16)25-9-5-6-10-25)24-20(26)29-11-15(27)22-14-8-4-3-7-13(14)21/h3-4,7-8,12H,5-6,9-11H2,1-2H3,(H,22,27). The van der Waals surface area contributed by atoms with E-state index >= 15 is 0 Å². The summed E-state index contributed by atoms with van der Waals surface area (Å²) in [5.74, 6) is -0.104. The summed E-state index contributed by atoms with van der Waals surface area (Å²) in [5, 5.41) is 4.62. The lowest BCUT2D eigenvalue weighted by Crippen LogP contribution is -2.25. The molecule has 4 rings (SSSR count). The number of hydrogen-bond acceptors (Lipinski definition) is 7. The Morgan fingerprint density at radius 1 is 1.27 bits per heavy atom. The third-order valence-corrected chi connectivity index (χ3v) is 7.17. The number of benzene rings is 1. The third kappa shape index (κ3) is 4.33. The van der Waals surface area contributed by atoms with Gasteiger partial charge in [0.05, 0.1) is 16.5 Å². The molecule has 0 atom stereocenters. The first-order chi connectivity index (χ1) is 14.4. The predicted octanol–water partition coefficient (Wildman–Crippen LogP) is 4.42. The Hall–Kier alpha value is -2.10. The lowest BCUT2D eigenvalue weighted by atomic mass is 10.3. The first kappa shape index (κ1) is 21.1. The van der Waals surface area contributed by atoms with Gasteiger partial charge in [0, 0.05) is 19.1 Å². The predicted molar refractivity (Wildman–Crippen MR) is 124 cm³/mol. The maximum atomic E-state index is 13.1. The number of nitrogens with zero attached hydrogens (tertiary/aromatic N) is 4. The second kappa shape index (κ2) is 8.95. The number of fused-ring (bicyclic) bond motifs is 1. The highest BCUT2D eigenvalue weighted by molar-refractivity contribution is 7.99. The average Bonchev–Trinajstić information content (AvgIpc) is 3.37. The summed E-state index contributed by atoms with van der Waals surface area (Å²) in [4.78, 5) is 37.0. The second-order valence-electron chi connectivity index (χ2n) is 7.32. The SMILES string of the molecule is CC(C)n1c(SCC(=O)Nc2ccccc2Cl)nc2nc(N3CCCC3)sc2c1=O. The van der Waals surface area contributed by atoms with Gasteiger partial charge in [-0.15, -0.1) is 0 Å². The molecule has 1 aliphatic heterocycles. The summed E-state index contributed by atoms with van der Waals surface area (Å²) < 4.78 is 2.21. The van der Waals surface area contributed by atoms with E-state index in [2.05, 4.69) is 20.2 Å². The van der Waals surface area contributed by atoms with Crippen LogP contribution in [0.4, 0.5) is 10.8 Å². The molecule has 3 aromatic rings. The van der Waals surface area contributed by atoms with E-state index in [1.807, 2.05) is 13.8 Å². The zero-order chi connectivity index (χ0) is 21.3. The molecule has 1 amide bonds. The van der Waals surface area contributed by atoms with Gasteiger partial charge in [0.25, 0.3) is 5.56 Å². The van der Waals surface area contributed by atoms with E-state index in [0.717, 1.165) is 31.1 Å². The van der Waals surface area contributed by atoms with E-state index in [-0.39, 0.29) is 23.3 Å². The maximum Gasteiger partial charge on any atom is 0.274 e. The highest BCUT2D eigenvalue weighted by Gasteiger charge is 2.22. The number of anilines is 2. The molecule has 158 valence electrons. The number of hydrogen-bond donors (Lipinski definition) is 1. The number of thiazole rings is 1. The van der Waals surface area contributed by atoms with E-state index in [9.17, 15) is 9.59 Å². The van der Waals surface area contributed by atoms with Crippen LogP contribution in [-0.4, -0.2) is 39.3 Å². The molecule has 0 aliphatic carbocycles. The van der Waals surface area contributed by atoms with Gasteiger partial charge in [0.15, 0.2) is 15.9 Å². The summed E-state index contributed by atoms with van der Waals surface area (Å²) in [6.07, 6.45) is 2.28. The van der Waals surface area contributed by atoms with Crippen LogP contribution in [0.5, 0.6) is 0 Å². The Morgan fingerprint density at radius 3 is 2.70 bits per heavy atom. The summed E-state index contributed by atoms with van der Waals surface area (Å²) in [7, 11) is 0. The fourth-order valence-corrected chi connectivity index (χ4v) is 5.43. The molecule has 10 heteroatoms. The van der Waals surface area contributed by atoms with Crippen molar-refractivity contribution in [2.24, 2.45) is 0 Å². The van der Waals surface area contributed by atoms with Crippen molar-refractivity contribution in [1.29, 1.82) is 0 Å². The van der Waals surface area contributed by atoms with E-state index < -0.39 is 0 Å². The Kier molecular flexibility index (Phi) is 6.31. The van der Waals surface area contributed by atoms with Gasteiger partial charge in [0.1, 0.15) is 4.70 Å². The van der Waals surface area contributed by atoms with Crippen LogP contribution in [0.2, 0.25) is 5.02 Å². The highest BCUT2D eigenvalue weighted by Crippen LogP contribution is 2.30. The molecule has 1 fully saturated rings. The normalized spacial score (nSPS) is 14.1. The molecule has 2 aromatic heterocycles. The molecule has 0 bridgehead atoms. The number of carbonyl (C=O) groups is 1. The number of rotatable bonds is 6. The van der Waals surface area contributed by atoms with Gasteiger partial charge in [-0.05, 0) is 38.8 Å². The minimum atomic E-state index is -0.214. The number of carbonyl (C=O) groups excluding carboxylic acids is 1. The van der Waals surface area contributed by atoms with Gasteiger partial charge < -0.3 is 10.2 Å². The largest absolute Gasteiger partial charge is 0.348 e. The van der Waals surface area contributed by atoms with Crippen LogP contribution in [0.3, 0.4) is 0 Å².